The van der Waals surface area contributed by atoms with E-state index < -0.39 is 0 Å². The summed E-state index contributed by atoms with van der Waals surface area (Å²) in [5.41, 5.74) is 1.36. The molecule has 1 aromatic rings. The first-order valence-electron chi connectivity index (χ1n) is 8.90. The molecule has 0 aromatic carbocycles. The number of aliphatic imine (C=N–C) groups is 1. The maximum absolute atomic E-state index is 11.5. The Balaban J connectivity index is 0.00000312. The number of nitrogens with one attached hydrogen (secondary N) is 2. The van der Waals surface area contributed by atoms with Gasteiger partial charge < -0.3 is 15.5 Å². The van der Waals surface area contributed by atoms with Gasteiger partial charge in [-0.25, -0.2) is 0 Å². The smallest absolute Gasteiger partial charge is 0.220 e. The van der Waals surface area contributed by atoms with Gasteiger partial charge in [0.1, 0.15) is 0 Å². The Kier molecular flexibility index (Phi) is 10.4. The highest BCUT2D eigenvalue weighted by Crippen LogP contribution is 2.21. The molecule has 2 rings (SSSR count). The third-order valence-corrected chi connectivity index (χ3v) is 5.33. The van der Waals surface area contributed by atoms with E-state index in [1.807, 2.05) is 0 Å². The highest BCUT2D eigenvalue weighted by Gasteiger charge is 2.23. The number of likely N-dealkylation sites (tertiary alicyclic amines) is 1. The third-order valence-electron chi connectivity index (χ3n) is 4.63. The number of amides is 1. The van der Waals surface area contributed by atoms with Crippen LogP contribution in [-0.2, 0) is 4.79 Å². The molecule has 1 saturated heterocycles. The first-order chi connectivity index (χ1) is 11.6. The van der Waals surface area contributed by atoms with Crippen LogP contribution in [0.3, 0.4) is 0 Å². The number of nitrogens with zero attached hydrogens (tertiary/aromatic N) is 2. The van der Waals surface area contributed by atoms with Gasteiger partial charge in [0, 0.05) is 45.6 Å². The zero-order chi connectivity index (χ0) is 17.4. The van der Waals surface area contributed by atoms with Crippen molar-refractivity contribution in [1.29, 1.82) is 0 Å². The van der Waals surface area contributed by atoms with E-state index in [1.54, 1.807) is 18.4 Å². The summed E-state index contributed by atoms with van der Waals surface area (Å²) in [7, 11) is 1.71. The molecule has 1 aliphatic heterocycles. The molecule has 1 fully saturated rings. The largest absolute Gasteiger partial charge is 0.359 e. The normalized spacial score (nSPS) is 16.9. The Labute approximate surface area is 172 Å². The predicted octanol–water partition coefficient (Wildman–Crippen LogP) is 3.28. The van der Waals surface area contributed by atoms with Crippen molar-refractivity contribution in [1.82, 2.24) is 15.5 Å². The molecule has 142 valence electrons. The fourth-order valence-electron chi connectivity index (χ4n) is 3.02. The van der Waals surface area contributed by atoms with Gasteiger partial charge in [0.15, 0.2) is 5.96 Å². The van der Waals surface area contributed by atoms with Gasteiger partial charge in [0.2, 0.25) is 5.91 Å². The maximum Gasteiger partial charge on any atom is 0.220 e. The van der Waals surface area contributed by atoms with Crippen LogP contribution in [0.15, 0.2) is 21.8 Å². The lowest BCUT2D eigenvalue weighted by molar-refractivity contribution is -0.121. The fraction of sp³-hybridized carbons (Fsp3) is 0.667. The molecular weight excluding hydrogens is 447 g/mol. The Morgan fingerprint density at radius 2 is 2.16 bits per heavy atom. The molecule has 1 aromatic heterocycles. The molecule has 1 atom stereocenters. The molecule has 7 heteroatoms. The van der Waals surface area contributed by atoms with Crippen molar-refractivity contribution in [2.45, 2.75) is 39.0 Å². The molecule has 5 nitrogen and oxygen atoms in total. The second-order valence-corrected chi connectivity index (χ2v) is 7.24. The zero-order valence-electron chi connectivity index (χ0n) is 15.5. The number of thiophene rings is 1. The summed E-state index contributed by atoms with van der Waals surface area (Å²) in [6.07, 6.45) is 2.75. The highest BCUT2D eigenvalue weighted by molar-refractivity contribution is 14.0. The predicted molar refractivity (Wildman–Crippen MR) is 117 cm³/mol. The van der Waals surface area contributed by atoms with Gasteiger partial charge in [0.25, 0.3) is 0 Å². The molecule has 25 heavy (non-hydrogen) atoms. The number of hydrogen-bond acceptors (Lipinski definition) is 3. The minimum Gasteiger partial charge on any atom is -0.359 e. The van der Waals surface area contributed by atoms with Gasteiger partial charge in [-0.15, -0.1) is 24.0 Å². The first-order valence-corrected chi connectivity index (χ1v) is 9.84. The monoisotopic (exact) mass is 478 g/mol. The summed E-state index contributed by atoms with van der Waals surface area (Å²) in [5.74, 6) is 2.10. The van der Waals surface area contributed by atoms with Gasteiger partial charge >= 0.3 is 0 Å². The number of halogens is 1. The molecule has 0 radical (unpaired) electrons. The van der Waals surface area contributed by atoms with Crippen molar-refractivity contribution in [3.8, 4) is 0 Å². The van der Waals surface area contributed by atoms with Crippen molar-refractivity contribution in [3.63, 3.8) is 0 Å². The van der Waals surface area contributed by atoms with E-state index in [1.165, 1.54) is 5.56 Å². The standard InChI is InChI=1S/C18H30N4OS.HI/c1-4-20-18(21-12-14(2)16-7-10-24-13-16)22-8-5-15(6-9-22)11-17(23)19-3;/h7,10,13-15H,4-6,8-9,11-12H2,1-3H3,(H,19,23)(H,20,21);1H. The quantitative estimate of drug-likeness (QED) is 0.375. The van der Waals surface area contributed by atoms with Crippen LogP contribution in [0.25, 0.3) is 0 Å². The van der Waals surface area contributed by atoms with E-state index in [4.69, 9.17) is 4.99 Å². The summed E-state index contributed by atoms with van der Waals surface area (Å²) in [6, 6.07) is 2.18. The number of rotatable bonds is 6. The van der Waals surface area contributed by atoms with E-state index in [9.17, 15) is 4.79 Å². The number of carbonyl (C=O) groups excluding carboxylic acids is 1. The van der Waals surface area contributed by atoms with Crippen molar-refractivity contribution in [3.05, 3.63) is 22.4 Å². The lowest BCUT2D eigenvalue weighted by Gasteiger charge is -2.34. The average molecular weight is 478 g/mol. The molecule has 0 spiro atoms. The topological polar surface area (TPSA) is 56.7 Å². The summed E-state index contributed by atoms with van der Waals surface area (Å²) < 4.78 is 0. The van der Waals surface area contributed by atoms with Crippen LogP contribution < -0.4 is 10.6 Å². The number of piperidine rings is 1. The number of hydrogen-bond donors (Lipinski definition) is 2. The van der Waals surface area contributed by atoms with Gasteiger partial charge in [0.05, 0.1) is 0 Å². The lowest BCUT2D eigenvalue weighted by atomic mass is 9.93. The summed E-state index contributed by atoms with van der Waals surface area (Å²) in [5, 5.41) is 10.5. The molecule has 0 aliphatic carbocycles. The Bertz CT molecular complexity index is 527. The zero-order valence-corrected chi connectivity index (χ0v) is 18.6. The van der Waals surface area contributed by atoms with Crippen molar-refractivity contribution in [2.75, 3.05) is 33.2 Å². The van der Waals surface area contributed by atoms with Gasteiger partial charge in [-0.1, -0.05) is 6.92 Å². The van der Waals surface area contributed by atoms with Crippen LogP contribution in [0, 0.1) is 5.92 Å². The minimum atomic E-state index is 0. The van der Waals surface area contributed by atoms with Crippen LogP contribution in [0.4, 0.5) is 0 Å². The average Bonchev–Trinajstić information content (AvgIpc) is 3.13. The Morgan fingerprint density at radius 3 is 2.72 bits per heavy atom. The molecule has 1 unspecified atom stereocenters. The molecular formula is C18H31IN4OS. The minimum absolute atomic E-state index is 0. The van der Waals surface area contributed by atoms with Crippen molar-refractivity contribution in [2.24, 2.45) is 10.9 Å². The van der Waals surface area contributed by atoms with Gasteiger partial charge in [-0.3, -0.25) is 9.79 Å². The summed E-state index contributed by atoms with van der Waals surface area (Å²) in [4.78, 5) is 18.7. The molecule has 1 amide bonds. The highest BCUT2D eigenvalue weighted by atomic mass is 127. The number of carbonyl (C=O) groups is 1. The van der Waals surface area contributed by atoms with Crippen LogP contribution >= 0.6 is 35.3 Å². The maximum atomic E-state index is 11.5. The van der Waals surface area contributed by atoms with Gasteiger partial charge in [-0.05, 0) is 48.1 Å². The van der Waals surface area contributed by atoms with E-state index in [0.29, 0.717) is 18.3 Å². The second kappa shape index (κ2) is 11.7. The number of guanidine groups is 1. The van der Waals surface area contributed by atoms with Crippen LogP contribution in [-0.4, -0.2) is 50.0 Å². The van der Waals surface area contributed by atoms with Crippen LogP contribution in [0.2, 0.25) is 0 Å². The van der Waals surface area contributed by atoms with Crippen molar-refractivity contribution >= 4 is 47.2 Å². The molecule has 1 aliphatic rings. The van der Waals surface area contributed by atoms with E-state index in [2.05, 4.69) is 46.2 Å². The van der Waals surface area contributed by atoms with E-state index in [-0.39, 0.29) is 29.9 Å². The Morgan fingerprint density at radius 1 is 1.44 bits per heavy atom. The van der Waals surface area contributed by atoms with Crippen LogP contribution in [0.1, 0.15) is 44.6 Å². The molecule has 0 saturated carbocycles. The molecule has 0 bridgehead atoms. The molecule has 2 N–H and O–H groups in total. The van der Waals surface area contributed by atoms with E-state index >= 15 is 0 Å². The SMILES string of the molecule is CCNC(=NCC(C)c1ccsc1)N1CCC(CC(=O)NC)CC1.I. The van der Waals surface area contributed by atoms with Gasteiger partial charge in [-0.2, -0.15) is 11.3 Å². The molecule has 2 heterocycles. The Hall–Kier alpha value is -0.830. The third kappa shape index (κ3) is 7.13. The fourth-order valence-corrected chi connectivity index (χ4v) is 3.81. The second-order valence-electron chi connectivity index (χ2n) is 6.46. The van der Waals surface area contributed by atoms with Crippen molar-refractivity contribution < 1.29 is 4.79 Å². The summed E-state index contributed by atoms with van der Waals surface area (Å²) in [6.45, 7) is 7.96. The first kappa shape index (κ1) is 22.2. The van der Waals surface area contributed by atoms with Crippen LogP contribution in [0.5, 0.6) is 0 Å². The summed E-state index contributed by atoms with van der Waals surface area (Å²) >= 11 is 1.74. The lowest BCUT2D eigenvalue weighted by Crippen LogP contribution is -2.46. The van der Waals surface area contributed by atoms with E-state index in [0.717, 1.165) is 45.0 Å².